The molecule has 1 heterocycles. The first kappa shape index (κ1) is 21.2. The molecule has 0 aromatic carbocycles. The molecule has 0 radical (unpaired) electrons. The van der Waals surface area contributed by atoms with Crippen LogP contribution in [0.4, 0.5) is 17.8 Å². The third kappa shape index (κ3) is 3.43. The molecular formula is C12H24N6O7. The van der Waals surface area contributed by atoms with Gasteiger partial charge >= 0.3 is 17.7 Å². The Kier molecular flexibility index (Phi) is 6.78. The summed E-state index contributed by atoms with van der Waals surface area (Å²) < 4.78 is 31.6. The van der Waals surface area contributed by atoms with Gasteiger partial charge < -0.3 is 45.0 Å². The molecule has 1 atom stereocenters. The fourth-order valence-electron chi connectivity index (χ4n) is 2.36. The fourth-order valence-corrected chi connectivity index (χ4v) is 2.36. The summed E-state index contributed by atoms with van der Waals surface area (Å²) in [6, 6.07) is 0. The number of methoxy groups -OCH3 is 6. The molecule has 25 heavy (non-hydrogen) atoms. The lowest BCUT2D eigenvalue weighted by Gasteiger charge is -2.50. The Morgan fingerprint density at radius 1 is 0.760 bits per heavy atom. The molecule has 1 aromatic heterocycles. The smallest absolute Gasteiger partial charge is 0.348 e. The predicted molar refractivity (Wildman–Crippen MR) is 84.7 cm³/mol. The van der Waals surface area contributed by atoms with Gasteiger partial charge in [-0.25, -0.2) is 0 Å². The van der Waals surface area contributed by atoms with Crippen LogP contribution in [0.2, 0.25) is 0 Å². The van der Waals surface area contributed by atoms with Crippen molar-refractivity contribution in [1.82, 2.24) is 15.0 Å². The summed E-state index contributed by atoms with van der Waals surface area (Å²) in [5.74, 6) is -7.42. The van der Waals surface area contributed by atoms with Crippen molar-refractivity contribution in [1.29, 1.82) is 0 Å². The molecule has 1 rings (SSSR count). The van der Waals surface area contributed by atoms with Gasteiger partial charge in [0.05, 0.1) is 0 Å². The van der Waals surface area contributed by atoms with Crippen molar-refractivity contribution in [2.75, 3.05) is 59.4 Å². The summed E-state index contributed by atoms with van der Waals surface area (Å²) >= 11 is 0. The number of nitrogens with two attached hydrogens (primary N) is 2. The number of hydrogen-bond acceptors (Lipinski definition) is 13. The second-order valence-corrected chi connectivity index (χ2v) is 4.54. The maximum atomic E-state index is 11.1. The largest absolute Gasteiger partial charge is 0.368 e. The minimum absolute atomic E-state index is 0.189. The highest BCUT2D eigenvalue weighted by molar-refractivity contribution is 5.38. The molecule has 144 valence electrons. The van der Waals surface area contributed by atoms with Crippen molar-refractivity contribution in [3.05, 3.63) is 0 Å². The maximum absolute atomic E-state index is 11.1. The van der Waals surface area contributed by atoms with E-state index in [1.54, 1.807) is 0 Å². The molecule has 1 unspecified atom stereocenters. The van der Waals surface area contributed by atoms with E-state index in [0.717, 1.165) is 7.11 Å². The molecule has 6 N–H and O–H groups in total. The first-order valence-electron chi connectivity index (χ1n) is 6.82. The Labute approximate surface area is 144 Å². The zero-order valence-electron chi connectivity index (χ0n) is 14.9. The van der Waals surface area contributed by atoms with E-state index in [9.17, 15) is 5.11 Å². The Hall–Kier alpha value is -1.87. The Bertz CT molecular complexity index is 540. The van der Waals surface area contributed by atoms with Gasteiger partial charge in [0.1, 0.15) is 0 Å². The highest BCUT2D eigenvalue weighted by atomic mass is 16.9. The summed E-state index contributed by atoms with van der Waals surface area (Å²) in [4.78, 5) is 11.2. The van der Waals surface area contributed by atoms with Gasteiger partial charge in [-0.1, -0.05) is 0 Å². The van der Waals surface area contributed by atoms with Crippen molar-refractivity contribution in [2.45, 2.75) is 17.7 Å². The second kappa shape index (κ2) is 8.01. The Morgan fingerprint density at radius 3 is 1.52 bits per heavy atom. The van der Waals surface area contributed by atoms with Gasteiger partial charge in [0, 0.05) is 42.7 Å². The van der Waals surface area contributed by atoms with Gasteiger partial charge in [-0.05, 0) is 0 Å². The molecular weight excluding hydrogens is 340 g/mol. The van der Waals surface area contributed by atoms with E-state index in [-0.39, 0.29) is 17.8 Å². The lowest BCUT2D eigenvalue weighted by atomic mass is 10.1. The average molecular weight is 364 g/mol. The summed E-state index contributed by atoms with van der Waals surface area (Å²) in [6.07, 6.45) is 0. The molecule has 0 saturated heterocycles. The quantitative estimate of drug-likeness (QED) is 0.346. The third-order valence-electron chi connectivity index (χ3n) is 3.48. The summed E-state index contributed by atoms with van der Waals surface area (Å²) in [6.45, 7) is 0. The number of nitrogens with zero attached hydrogens (tertiary/aromatic N) is 3. The molecule has 0 amide bonds. The molecule has 1 aromatic rings. The van der Waals surface area contributed by atoms with Gasteiger partial charge in [0.25, 0.3) is 0 Å². The fraction of sp³-hybridized carbons (Fsp3) is 0.750. The molecule has 0 aliphatic heterocycles. The second-order valence-electron chi connectivity index (χ2n) is 4.54. The maximum Gasteiger partial charge on any atom is 0.348 e. The van der Waals surface area contributed by atoms with Crippen LogP contribution >= 0.6 is 0 Å². The summed E-state index contributed by atoms with van der Waals surface area (Å²) in [7, 11) is 7.30. The lowest BCUT2D eigenvalue weighted by Crippen LogP contribution is -2.75. The van der Waals surface area contributed by atoms with E-state index in [4.69, 9.17) is 39.9 Å². The number of anilines is 3. The van der Waals surface area contributed by atoms with E-state index in [1.807, 2.05) is 0 Å². The number of rotatable bonds is 10. The number of aromatic nitrogens is 3. The molecule has 13 nitrogen and oxygen atoms in total. The number of aliphatic hydroxyl groups is 1. The van der Waals surface area contributed by atoms with Crippen LogP contribution in [0.15, 0.2) is 0 Å². The van der Waals surface area contributed by atoms with E-state index in [2.05, 4.69) is 20.3 Å². The zero-order chi connectivity index (χ0) is 19.3. The molecule has 0 spiro atoms. The van der Waals surface area contributed by atoms with Crippen LogP contribution in [-0.2, 0) is 28.4 Å². The van der Waals surface area contributed by atoms with Crippen molar-refractivity contribution in [3.8, 4) is 0 Å². The number of hydrogen-bond donors (Lipinski definition) is 4. The van der Waals surface area contributed by atoms with Crippen molar-refractivity contribution in [3.63, 3.8) is 0 Å². The molecule has 13 heteroatoms. The standard InChI is InChI=1S/C12H24N6O7/c1-20-10(21-2,12(23-4,24-5)25-6)11(19,22-3)18-9-16-7(13)15-8(14)17-9/h19H,1-6H3,(H5,13,14,15,16,17,18). The topological polar surface area (TPSA) is 178 Å². The van der Waals surface area contributed by atoms with Crippen LogP contribution in [0.1, 0.15) is 0 Å². The summed E-state index contributed by atoms with van der Waals surface area (Å²) in [5.41, 5.74) is 11.0. The highest BCUT2D eigenvalue weighted by Crippen LogP contribution is 2.41. The van der Waals surface area contributed by atoms with Crippen molar-refractivity contribution >= 4 is 17.8 Å². The predicted octanol–water partition coefficient (Wildman–Crippen LogP) is -1.68. The van der Waals surface area contributed by atoms with Crippen LogP contribution in [0.5, 0.6) is 0 Å². The van der Waals surface area contributed by atoms with Gasteiger partial charge in [-0.15, -0.1) is 0 Å². The Morgan fingerprint density at radius 2 is 1.20 bits per heavy atom. The number of nitrogens with one attached hydrogen (secondary N) is 1. The zero-order valence-corrected chi connectivity index (χ0v) is 14.9. The monoisotopic (exact) mass is 364 g/mol. The van der Waals surface area contributed by atoms with Gasteiger partial charge in [0.2, 0.25) is 17.8 Å². The highest BCUT2D eigenvalue weighted by Gasteiger charge is 2.70. The number of nitrogen functional groups attached to an aromatic ring is 2. The average Bonchev–Trinajstić information content (AvgIpc) is 2.59. The van der Waals surface area contributed by atoms with Gasteiger partial charge in [0.15, 0.2) is 0 Å². The van der Waals surface area contributed by atoms with Crippen LogP contribution in [-0.4, -0.2) is 80.4 Å². The summed E-state index contributed by atoms with van der Waals surface area (Å²) in [5, 5.41) is 13.5. The van der Waals surface area contributed by atoms with Crippen molar-refractivity contribution < 1.29 is 33.5 Å². The van der Waals surface area contributed by atoms with Crippen LogP contribution in [0, 0.1) is 0 Å². The van der Waals surface area contributed by atoms with Crippen LogP contribution in [0.3, 0.4) is 0 Å². The normalized spacial score (nSPS) is 15.0. The third-order valence-corrected chi connectivity index (χ3v) is 3.48. The SMILES string of the molecule is COC(O)(Nc1nc(N)nc(N)n1)C(OC)(OC)C(OC)(OC)OC. The van der Waals surface area contributed by atoms with Crippen LogP contribution < -0.4 is 16.8 Å². The number of ether oxygens (including phenoxy) is 6. The first-order chi connectivity index (χ1) is 11.7. The molecule has 0 aliphatic carbocycles. The first-order valence-corrected chi connectivity index (χ1v) is 6.82. The molecule has 0 fully saturated rings. The molecule has 0 aliphatic rings. The van der Waals surface area contributed by atoms with E-state index >= 15 is 0 Å². The minimum Gasteiger partial charge on any atom is -0.368 e. The Balaban J connectivity index is 3.51. The van der Waals surface area contributed by atoms with E-state index < -0.39 is 17.7 Å². The lowest BCUT2D eigenvalue weighted by molar-refractivity contribution is -0.526. The minimum atomic E-state index is -2.50. The van der Waals surface area contributed by atoms with Gasteiger partial charge in [-0.3, -0.25) is 5.32 Å². The molecule has 0 bridgehead atoms. The van der Waals surface area contributed by atoms with E-state index in [0.29, 0.717) is 0 Å². The van der Waals surface area contributed by atoms with E-state index in [1.165, 1.54) is 35.5 Å². The van der Waals surface area contributed by atoms with Crippen molar-refractivity contribution in [2.24, 2.45) is 0 Å². The van der Waals surface area contributed by atoms with Gasteiger partial charge in [-0.2, -0.15) is 15.0 Å². The molecule has 0 saturated carbocycles. The van der Waals surface area contributed by atoms with Crippen LogP contribution in [0.25, 0.3) is 0 Å².